The van der Waals surface area contributed by atoms with Crippen LogP contribution in [0.1, 0.15) is 33.6 Å². The van der Waals surface area contributed by atoms with Crippen molar-refractivity contribution in [1.82, 2.24) is 4.90 Å². The molecule has 2 aliphatic rings. The van der Waals surface area contributed by atoms with Crippen LogP contribution in [0.25, 0.3) is 11.1 Å². The van der Waals surface area contributed by atoms with E-state index in [0.717, 1.165) is 42.8 Å². The maximum absolute atomic E-state index is 13.0. The van der Waals surface area contributed by atoms with Gasteiger partial charge in [-0.05, 0) is 69.0 Å². The lowest BCUT2D eigenvalue weighted by atomic mass is 9.62. The topological polar surface area (TPSA) is 38.8 Å². The summed E-state index contributed by atoms with van der Waals surface area (Å²) in [6.45, 7) is 7.16. The molecule has 2 aromatic carbocycles. The van der Waals surface area contributed by atoms with E-state index in [1.807, 2.05) is 45.0 Å². The smallest absolute Gasteiger partial charge is 0.410 e. The molecule has 1 aliphatic carbocycles. The molecule has 0 aromatic heterocycles. The number of carbonyl (C=O) groups is 1. The van der Waals surface area contributed by atoms with Crippen molar-refractivity contribution in [3.05, 3.63) is 54.3 Å². The molecular formula is C23H26FNO3. The molecule has 0 atom stereocenters. The SMILES string of the molecule is CC(C)(C)OC(=O)N1CC2(CC(Oc3ccc(-c4ccc(F)cc4)cc3)C2)C1. The van der Waals surface area contributed by atoms with E-state index in [2.05, 4.69) is 0 Å². The van der Waals surface area contributed by atoms with E-state index in [-0.39, 0.29) is 23.4 Å². The van der Waals surface area contributed by atoms with Gasteiger partial charge in [0, 0.05) is 18.5 Å². The lowest BCUT2D eigenvalue weighted by Gasteiger charge is -2.58. The van der Waals surface area contributed by atoms with Crippen LogP contribution in [0.4, 0.5) is 9.18 Å². The van der Waals surface area contributed by atoms with Crippen molar-refractivity contribution in [3.63, 3.8) is 0 Å². The molecule has 0 unspecified atom stereocenters. The molecule has 5 heteroatoms. The molecule has 1 saturated carbocycles. The Bertz CT molecular complexity index is 841. The minimum absolute atomic E-state index is 0.192. The zero-order chi connectivity index (χ0) is 19.9. The summed E-state index contributed by atoms with van der Waals surface area (Å²) in [5.41, 5.74) is 1.76. The van der Waals surface area contributed by atoms with Crippen LogP contribution in [-0.4, -0.2) is 35.8 Å². The molecule has 0 radical (unpaired) electrons. The fourth-order valence-corrected chi connectivity index (χ4v) is 4.03. The number of benzene rings is 2. The van der Waals surface area contributed by atoms with Gasteiger partial charge in [0.15, 0.2) is 0 Å². The quantitative estimate of drug-likeness (QED) is 0.725. The first-order chi connectivity index (χ1) is 13.2. The fourth-order valence-electron chi connectivity index (χ4n) is 4.03. The Morgan fingerprint density at radius 2 is 1.54 bits per heavy atom. The lowest BCUT2D eigenvalue weighted by molar-refractivity contribution is -0.116. The van der Waals surface area contributed by atoms with Gasteiger partial charge in [-0.2, -0.15) is 0 Å². The highest BCUT2D eigenvalue weighted by atomic mass is 19.1. The Morgan fingerprint density at radius 1 is 1.00 bits per heavy atom. The molecule has 1 saturated heterocycles. The van der Waals surface area contributed by atoms with Crippen molar-refractivity contribution >= 4 is 6.09 Å². The minimum atomic E-state index is -0.453. The molecule has 4 rings (SSSR count). The second-order valence-electron chi connectivity index (χ2n) is 9.02. The average Bonchev–Trinajstić information content (AvgIpc) is 2.55. The minimum Gasteiger partial charge on any atom is -0.490 e. The second kappa shape index (κ2) is 6.80. The Hall–Kier alpha value is -2.56. The molecule has 148 valence electrons. The Morgan fingerprint density at radius 3 is 2.07 bits per heavy atom. The number of rotatable bonds is 3. The number of nitrogens with zero attached hydrogens (tertiary/aromatic N) is 1. The van der Waals surface area contributed by atoms with Crippen LogP contribution in [0.2, 0.25) is 0 Å². The van der Waals surface area contributed by atoms with E-state index >= 15 is 0 Å². The molecule has 0 N–H and O–H groups in total. The lowest BCUT2D eigenvalue weighted by Crippen LogP contribution is -2.66. The van der Waals surface area contributed by atoms with E-state index in [0.29, 0.717) is 0 Å². The van der Waals surface area contributed by atoms with Crippen LogP contribution < -0.4 is 4.74 Å². The molecule has 2 aromatic rings. The summed E-state index contributed by atoms with van der Waals surface area (Å²) >= 11 is 0. The summed E-state index contributed by atoms with van der Waals surface area (Å²) in [5, 5.41) is 0. The first-order valence-corrected chi connectivity index (χ1v) is 9.72. The summed E-state index contributed by atoms with van der Waals surface area (Å²) in [5.74, 6) is 0.609. The number of halogens is 1. The predicted octanol–water partition coefficient (Wildman–Crippen LogP) is 5.27. The third-order valence-corrected chi connectivity index (χ3v) is 5.36. The average molecular weight is 383 g/mol. The first kappa shape index (κ1) is 18.8. The first-order valence-electron chi connectivity index (χ1n) is 9.72. The zero-order valence-electron chi connectivity index (χ0n) is 16.6. The van der Waals surface area contributed by atoms with Crippen LogP contribution in [0.15, 0.2) is 48.5 Å². The predicted molar refractivity (Wildman–Crippen MR) is 106 cm³/mol. The summed E-state index contributed by atoms with van der Waals surface area (Å²) in [7, 11) is 0. The summed E-state index contributed by atoms with van der Waals surface area (Å²) < 4.78 is 24.5. The van der Waals surface area contributed by atoms with Gasteiger partial charge in [0.2, 0.25) is 0 Å². The second-order valence-corrected chi connectivity index (χ2v) is 9.02. The Labute approximate surface area is 165 Å². The molecule has 28 heavy (non-hydrogen) atoms. The van der Waals surface area contributed by atoms with Gasteiger partial charge in [0.1, 0.15) is 23.3 Å². The number of hydrogen-bond donors (Lipinski definition) is 0. The van der Waals surface area contributed by atoms with Crippen molar-refractivity contribution in [2.75, 3.05) is 13.1 Å². The zero-order valence-corrected chi connectivity index (χ0v) is 16.6. The van der Waals surface area contributed by atoms with Crippen molar-refractivity contribution in [1.29, 1.82) is 0 Å². The maximum Gasteiger partial charge on any atom is 0.410 e. The van der Waals surface area contributed by atoms with Gasteiger partial charge >= 0.3 is 6.09 Å². The third-order valence-electron chi connectivity index (χ3n) is 5.36. The van der Waals surface area contributed by atoms with Crippen molar-refractivity contribution < 1.29 is 18.7 Å². The molecule has 1 aliphatic heterocycles. The Balaban J connectivity index is 1.25. The van der Waals surface area contributed by atoms with Crippen LogP contribution in [0.5, 0.6) is 5.75 Å². The third kappa shape index (κ3) is 3.98. The molecule has 1 heterocycles. The number of likely N-dealkylation sites (tertiary alicyclic amines) is 1. The maximum atomic E-state index is 13.0. The molecular weight excluding hydrogens is 357 g/mol. The largest absolute Gasteiger partial charge is 0.490 e. The van der Waals surface area contributed by atoms with Gasteiger partial charge in [-0.1, -0.05) is 24.3 Å². The van der Waals surface area contributed by atoms with E-state index in [4.69, 9.17) is 9.47 Å². The van der Waals surface area contributed by atoms with E-state index in [1.165, 1.54) is 12.1 Å². The number of amides is 1. The van der Waals surface area contributed by atoms with E-state index < -0.39 is 5.60 Å². The van der Waals surface area contributed by atoms with Gasteiger partial charge in [0.05, 0.1) is 0 Å². The molecule has 0 bridgehead atoms. The molecule has 1 spiro atoms. The van der Waals surface area contributed by atoms with Gasteiger partial charge in [-0.3, -0.25) is 0 Å². The summed E-state index contributed by atoms with van der Waals surface area (Å²) in [6, 6.07) is 14.4. The molecule has 4 nitrogen and oxygen atoms in total. The van der Waals surface area contributed by atoms with Crippen molar-refractivity contribution in [3.8, 4) is 16.9 Å². The van der Waals surface area contributed by atoms with Crippen LogP contribution in [0, 0.1) is 11.2 Å². The van der Waals surface area contributed by atoms with E-state index in [9.17, 15) is 9.18 Å². The fraction of sp³-hybridized carbons (Fsp3) is 0.435. The summed E-state index contributed by atoms with van der Waals surface area (Å²) in [4.78, 5) is 13.8. The van der Waals surface area contributed by atoms with Crippen LogP contribution in [0.3, 0.4) is 0 Å². The van der Waals surface area contributed by atoms with Gasteiger partial charge < -0.3 is 14.4 Å². The Kier molecular flexibility index (Phi) is 4.56. The molecule has 1 amide bonds. The highest BCUT2D eigenvalue weighted by Gasteiger charge is 2.55. The monoisotopic (exact) mass is 383 g/mol. The highest BCUT2D eigenvalue weighted by Crippen LogP contribution is 2.50. The highest BCUT2D eigenvalue weighted by molar-refractivity contribution is 5.69. The normalized spacial score (nSPS) is 18.4. The standard InChI is InChI=1S/C23H26FNO3/c1-22(2,3)28-21(26)25-14-23(15-25)12-20(13-23)27-19-10-6-17(7-11-19)16-4-8-18(24)9-5-16/h4-11,20H,12-15H2,1-3H3. The number of ether oxygens (including phenoxy) is 2. The summed E-state index contributed by atoms with van der Waals surface area (Å²) in [6.07, 6.45) is 1.90. The van der Waals surface area contributed by atoms with Crippen molar-refractivity contribution in [2.24, 2.45) is 5.41 Å². The van der Waals surface area contributed by atoms with Gasteiger partial charge in [-0.25, -0.2) is 9.18 Å². The molecule has 2 fully saturated rings. The number of carbonyl (C=O) groups excluding carboxylic acids is 1. The van der Waals surface area contributed by atoms with Crippen LogP contribution in [-0.2, 0) is 4.74 Å². The van der Waals surface area contributed by atoms with Crippen molar-refractivity contribution in [2.45, 2.75) is 45.3 Å². The van der Waals surface area contributed by atoms with E-state index in [1.54, 1.807) is 17.0 Å². The van der Waals surface area contributed by atoms with Gasteiger partial charge in [0.25, 0.3) is 0 Å². The van der Waals surface area contributed by atoms with Gasteiger partial charge in [-0.15, -0.1) is 0 Å². The number of hydrogen-bond acceptors (Lipinski definition) is 3. The van der Waals surface area contributed by atoms with Crippen LogP contribution >= 0.6 is 0 Å².